The number of benzene rings is 1. The Labute approximate surface area is 116 Å². The molecule has 19 heavy (non-hydrogen) atoms. The highest BCUT2D eigenvalue weighted by Gasteiger charge is 2.39. The molecule has 0 radical (unpaired) electrons. The second-order valence-electron chi connectivity index (χ2n) is 4.95. The summed E-state index contributed by atoms with van der Waals surface area (Å²) in [5.41, 5.74) is 5.32. The maximum absolute atomic E-state index is 13.4. The van der Waals surface area contributed by atoms with Gasteiger partial charge in [-0.15, -0.1) is 11.8 Å². The molecule has 0 aromatic heterocycles. The summed E-state index contributed by atoms with van der Waals surface area (Å²) in [6.45, 7) is 0. The van der Waals surface area contributed by atoms with Crippen LogP contribution in [0.15, 0.2) is 23.1 Å². The normalized spacial score (nSPS) is 26.3. The van der Waals surface area contributed by atoms with Crippen LogP contribution in [0.2, 0.25) is 0 Å². The summed E-state index contributed by atoms with van der Waals surface area (Å²) in [7, 11) is 0. The smallest absolute Gasteiger partial charge is 0.139 e. The van der Waals surface area contributed by atoms with Gasteiger partial charge in [-0.1, -0.05) is 6.42 Å². The lowest BCUT2D eigenvalue weighted by Gasteiger charge is -2.23. The summed E-state index contributed by atoms with van der Waals surface area (Å²) < 4.78 is 26.2. The highest BCUT2D eigenvalue weighted by atomic mass is 32.2. The van der Waals surface area contributed by atoms with Crippen LogP contribution in [0.25, 0.3) is 0 Å². The second-order valence-corrected chi connectivity index (χ2v) is 6.09. The van der Waals surface area contributed by atoms with Crippen LogP contribution in [0, 0.1) is 28.9 Å². The zero-order chi connectivity index (χ0) is 13.9. The third-order valence-corrected chi connectivity index (χ3v) is 4.78. The topological polar surface area (TPSA) is 49.8 Å². The fourth-order valence-electron chi connectivity index (χ4n) is 2.56. The van der Waals surface area contributed by atoms with Gasteiger partial charge in [0.05, 0.1) is 6.07 Å². The van der Waals surface area contributed by atoms with Gasteiger partial charge in [0.2, 0.25) is 0 Å². The Balaban J connectivity index is 1.89. The van der Waals surface area contributed by atoms with E-state index in [1.165, 1.54) is 23.9 Å². The van der Waals surface area contributed by atoms with E-state index < -0.39 is 17.2 Å². The van der Waals surface area contributed by atoms with Crippen molar-refractivity contribution in [2.24, 2.45) is 11.7 Å². The molecule has 2 nitrogen and oxygen atoms in total. The predicted molar refractivity (Wildman–Crippen MR) is 71.6 cm³/mol. The third kappa shape index (κ3) is 3.26. The number of nitrogens with two attached hydrogens (primary N) is 1. The van der Waals surface area contributed by atoms with Gasteiger partial charge in [0.1, 0.15) is 17.2 Å². The zero-order valence-electron chi connectivity index (χ0n) is 10.5. The van der Waals surface area contributed by atoms with E-state index >= 15 is 0 Å². The fraction of sp³-hybridized carbons (Fsp3) is 0.500. The van der Waals surface area contributed by atoms with Crippen molar-refractivity contribution in [2.75, 3.05) is 5.75 Å². The van der Waals surface area contributed by atoms with Crippen molar-refractivity contribution in [2.45, 2.75) is 36.1 Å². The van der Waals surface area contributed by atoms with E-state index in [4.69, 9.17) is 11.0 Å². The summed E-state index contributed by atoms with van der Waals surface area (Å²) in [5, 5.41) is 9.10. The van der Waals surface area contributed by atoms with Crippen LogP contribution in [0.3, 0.4) is 0 Å². The van der Waals surface area contributed by atoms with Crippen molar-refractivity contribution in [3.8, 4) is 6.07 Å². The van der Waals surface area contributed by atoms with E-state index in [1.807, 2.05) is 0 Å². The van der Waals surface area contributed by atoms with Gasteiger partial charge in [-0.3, -0.25) is 0 Å². The standard InChI is InChI=1S/C14H16F2N2S/c15-11-3-4-13(12(16)8-11)19-7-5-10-2-1-6-14(10,18)9-17/h3-4,8,10H,1-2,5-7,18H2. The summed E-state index contributed by atoms with van der Waals surface area (Å²) in [6.07, 6.45) is 3.45. The molecule has 0 spiro atoms. The first-order valence-corrected chi connectivity index (χ1v) is 7.32. The molecule has 0 bridgehead atoms. The molecule has 1 aliphatic rings. The Kier molecular flexibility index (Phi) is 4.43. The van der Waals surface area contributed by atoms with Crippen LogP contribution in [0.1, 0.15) is 25.7 Å². The largest absolute Gasteiger partial charge is 0.313 e. The van der Waals surface area contributed by atoms with Crippen molar-refractivity contribution in [3.63, 3.8) is 0 Å². The summed E-state index contributed by atoms with van der Waals surface area (Å²) >= 11 is 1.35. The van der Waals surface area contributed by atoms with Crippen LogP contribution >= 0.6 is 11.8 Å². The SMILES string of the molecule is N#CC1(N)CCCC1CCSc1ccc(F)cc1F. The maximum Gasteiger partial charge on any atom is 0.139 e. The predicted octanol–water partition coefficient (Wildman–Crippen LogP) is 3.47. The second kappa shape index (κ2) is 5.89. The minimum absolute atomic E-state index is 0.175. The van der Waals surface area contributed by atoms with Gasteiger partial charge in [-0.25, -0.2) is 8.78 Å². The molecule has 2 N–H and O–H groups in total. The number of thioether (sulfide) groups is 1. The molecule has 2 rings (SSSR count). The lowest BCUT2D eigenvalue weighted by atomic mass is 9.88. The third-order valence-electron chi connectivity index (χ3n) is 3.70. The van der Waals surface area contributed by atoms with Crippen LogP contribution < -0.4 is 5.73 Å². The van der Waals surface area contributed by atoms with Crippen LogP contribution in [-0.2, 0) is 0 Å². The van der Waals surface area contributed by atoms with E-state index in [1.54, 1.807) is 0 Å². The molecule has 0 aliphatic heterocycles. The van der Waals surface area contributed by atoms with E-state index in [0.717, 1.165) is 31.7 Å². The number of hydrogen-bond donors (Lipinski definition) is 1. The number of nitriles is 1. The molecule has 0 amide bonds. The quantitative estimate of drug-likeness (QED) is 0.860. The highest BCUT2D eigenvalue weighted by molar-refractivity contribution is 7.99. The van der Waals surface area contributed by atoms with E-state index in [-0.39, 0.29) is 5.92 Å². The van der Waals surface area contributed by atoms with Gasteiger partial charge in [0.25, 0.3) is 0 Å². The van der Waals surface area contributed by atoms with E-state index in [0.29, 0.717) is 10.6 Å². The van der Waals surface area contributed by atoms with Gasteiger partial charge in [0, 0.05) is 11.0 Å². The molecule has 5 heteroatoms. The average Bonchev–Trinajstić information content (AvgIpc) is 2.74. The molecule has 0 saturated heterocycles. The van der Waals surface area contributed by atoms with Crippen LogP contribution in [0.4, 0.5) is 8.78 Å². The van der Waals surface area contributed by atoms with Crippen molar-refractivity contribution >= 4 is 11.8 Å². The molecule has 0 heterocycles. The molecule has 1 aromatic carbocycles. The summed E-state index contributed by atoms with van der Waals surface area (Å²) in [6, 6.07) is 5.79. The minimum atomic E-state index is -0.720. The monoisotopic (exact) mass is 282 g/mol. The van der Waals surface area contributed by atoms with Crippen molar-refractivity contribution in [1.29, 1.82) is 5.26 Å². The maximum atomic E-state index is 13.4. The zero-order valence-corrected chi connectivity index (χ0v) is 11.4. The first-order chi connectivity index (χ1) is 9.05. The van der Waals surface area contributed by atoms with E-state index in [9.17, 15) is 8.78 Å². The van der Waals surface area contributed by atoms with Crippen LogP contribution in [-0.4, -0.2) is 11.3 Å². The fourth-order valence-corrected chi connectivity index (χ4v) is 3.54. The summed E-state index contributed by atoms with van der Waals surface area (Å²) in [5.74, 6) is -0.235. The van der Waals surface area contributed by atoms with Crippen molar-refractivity contribution in [1.82, 2.24) is 0 Å². The number of halogens is 2. The van der Waals surface area contributed by atoms with Gasteiger partial charge < -0.3 is 5.73 Å². The van der Waals surface area contributed by atoms with Gasteiger partial charge in [-0.2, -0.15) is 5.26 Å². The summed E-state index contributed by atoms with van der Waals surface area (Å²) in [4.78, 5) is 0.443. The van der Waals surface area contributed by atoms with Gasteiger partial charge >= 0.3 is 0 Å². The first-order valence-electron chi connectivity index (χ1n) is 6.33. The number of rotatable bonds is 4. The Bertz CT molecular complexity index is 501. The number of nitrogens with zero attached hydrogens (tertiary/aromatic N) is 1. The molecule has 1 saturated carbocycles. The Hall–Kier alpha value is -1.12. The average molecular weight is 282 g/mol. The molecule has 1 aliphatic carbocycles. The first kappa shape index (κ1) is 14.3. The molecule has 2 unspecified atom stereocenters. The Morgan fingerprint density at radius 3 is 2.95 bits per heavy atom. The molecule has 102 valence electrons. The molecular weight excluding hydrogens is 266 g/mol. The molecule has 1 aromatic rings. The molecule has 2 atom stereocenters. The molecule has 1 fully saturated rings. The highest BCUT2D eigenvalue weighted by Crippen LogP contribution is 2.37. The molecular formula is C14H16F2N2S. The van der Waals surface area contributed by atoms with E-state index in [2.05, 4.69) is 6.07 Å². The van der Waals surface area contributed by atoms with Gasteiger partial charge in [0.15, 0.2) is 0 Å². The Morgan fingerprint density at radius 2 is 2.26 bits per heavy atom. The Morgan fingerprint density at radius 1 is 1.47 bits per heavy atom. The lowest BCUT2D eigenvalue weighted by Crippen LogP contribution is -2.41. The van der Waals surface area contributed by atoms with Gasteiger partial charge in [-0.05, 0) is 43.1 Å². The number of hydrogen-bond acceptors (Lipinski definition) is 3. The lowest BCUT2D eigenvalue weighted by molar-refractivity contribution is 0.389. The van der Waals surface area contributed by atoms with Crippen molar-refractivity contribution in [3.05, 3.63) is 29.8 Å². The minimum Gasteiger partial charge on any atom is -0.313 e. The van der Waals surface area contributed by atoms with Crippen LogP contribution in [0.5, 0.6) is 0 Å². The van der Waals surface area contributed by atoms with Crippen molar-refractivity contribution < 1.29 is 8.78 Å².